The smallest absolute Gasteiger partial charge is 0.233 e. The highest BCUT2D eigenvalue weighted by Crippen LogP contribution is 2.28. The van der Waals surface area contributed by atoms with Crippen LogP contribution in [0.2, 0.25) is 0 Å². The molecule has 5 nitrogen and oxygen atoms in total. The van der Waals surface area contributed by atoms with Gasteiger partial charge in [-0.3, -0.25) is 4.79 Å². The van der Waals surface area contributed by atoms with Gasteiger partial charge in [0.1, 0.15) is 0 Å². The Hall–Kier alpha value is -1.12. The van der Waals surface area contributed by atoms with E-state index in [-0.39, 0.29) is 11.2 Å². The summed E-state index contributed by atoms with van der Waals surface area (Å²) in [5, 5.41) is 16.7. The third-order valence-electron chi connectivity index (χ3n) is 2.40. The summed E-state index contributed by atoms with van der Waals surface area (Å²) in [4.78, 5) is 13.1. The van der Waals surface area contributed by atoms with E-state index in [1.54, 1.807) is 11.3 Å². The fourth-order valence-corrected chi connectivity index (χ4v) is 4.05. The Bertz CT molecular complexity index is 541. The molecule has 0 aliphatic rings. The van der Waals surface area contributed by atoms with E-state index in [1.807, 2.05) is 31.4 Å². The zero-order chi connectivity index (χ0) is 14.4. The number of aromatic nitrogens is 2. The number of rotatable bonds is 7. The lowest BCUT2D eigenvalue weighted by Crippen LogP contribution is -2.30. The normalized spacial score (nSPS) is 12.1. The molecule has 2 rings (SSSR count). The summed E-state index contributed by atoms with van der Waals surface area (Å²) in [5.41, 5.74) is 0. The van der Waals surface area contributed by atoms with Crippen LogP contribution in [0.3, 0.4) is 0 Å². The topological polar surface area (TPSA) is 66.9 Å². The maximum atomic E-state index is 12.0. The molecule has 1 atom stereocenters. The predicted molar refractivity (Wildman–Crippen MR) is 85.6 cm³/mol. The lowest BCUT2D eigenvalue weighted by atomic mass is 10.4. The van der Waals surface area contributed by atoms with Gasteiger partial charge >= 0.3 is 0 Å². The van der Waals surface area contributed by atoms with Crippen LogP contribution in [0.15, 0.2) is 21.9 Å². The number of hydrogen-bond acceptors (Lipinski definition) is 7. The Morgan fingerprint density at radius 3 is 3.05 bits per heavy atom. The molecule has 1 amide bonds. The van der Waals surface area contributed by atoms with E-state index in [0.717, 1.165) is 20.9 Å². The third-order valence-corrected chi connectivity index (χ3v) is 5.34. The van der Waals surface area contributed by atoms with E-state index in [2.05, 4.69) is 20.8 Å². The lowest BCUT2D eigenvalue weighted by molar-refractivity contribution is -0.120. The molecule has 2 heterocycles. The van der Waals surface area contributed by atoms with E-state index in [1.165, 1.54) is 23.1 Å². The van der Waals surface area contributed by atoms with E-state index in [9.17, 15) is 4.79 Å². The van der Waals surface area contributed by atoms with Crippen molar-refractivity contribution in [3.8, 4) is 0 Å². The molecule has 2 aromatic rings. The fourth-order valence-electron chi connectivity index (χ4n) is 1.42. The molecule has 0 saturated heterocycles. The van der Waals surface area contributed by atoms with Gasteiger partial charge in [-0.05, 0) is 25.3 Å². The molecule has 0 fully saturated rings. The van der Waals surface area contributed by atoms with Crippen molar-refractivity contribution in [3.63, 3.8) is 0 Å². The SMILES string of the molecule is CCNc1nnc(SC(C)C(=O)NCc2cccs2)s1. The Kier molecular flexibility index (Phi) is 5.81. The van der Waals surface area contributed by atoms with Gasteiger partial charge in [0, 0.05) is 11.4 Å². The van der Waals surface area contributed by atoms with Crippen LogP contribution in [-0.2, 0) is 11.3 Å². The van der Waals surface area contributed by atoms with Crippen molar-refractivity contribution in [1.29, 1.82) is 0 Å². The molecule has 8 heteroatoms. The van der Waals surface area contributed by atoms with Gasteiger partial charge in [-0.25, -0.2) is 0 Å². The van der Waals surface area contributed by atoms with Crippen molar-refractivity contribution in [3.05, 3.63) is 22.4 Å². The molecule has 2 N–H and O–H groups in total. The molecule has 108 valence electrons. The van der Waals surface area contributed by atoms with Gasteiger partial charge in [0.15, 0.2) is 4.34 Å². The molecule has 0 spiro atoms. The first-order valence-corrected chi connectivity index (χ1v) is 8.80. The summed E-state index contributed by atoms with van der Waals surface area (Å²) in [7, 11) is 0. The highest BCUT2D eigenvalue weighted by molar-refractivity contribution is 8.02. The predicted octanol–water partition coefficient (Wildman–Crippen LogP) is 2.83. The second kappa shape index (κ2) is 7.61. The zero-order valence-corrected chi connectivity index (χ0v) is 13.7. The first kappa shape index (κ1) is 15.3. The van der Waals surface area contributed by atoms with Crippen molar-refractivity contribution in [2.75, 3.05) is 11.9 Å². The summed E-state index contributed by atoms with van der Waals surface area (Å²) >= 11 is 4.54. The monoisotopic (exact) mass is 328 g/mol. The first-order valence-electron chi connectivity index (χ1n) is 6.23. The molecule has 0 bridgehead atoms. The van der Waals surface area contributed by atoms with E-state index < -0.39 is 0 Å². The summed E-state index contributed by atoms with van der Waals surface area (Å²) in [6.07, 6.45) is 0. The second-order valence-corrected chi connectivity index (χ2v) is 7.56. The first-order chi connectivity index (χ1) is 9.69. The molecule has 1 unspecified atom stereocenters. The third kappa shape index (κ3) is 4.46. The number of nitrogens with one attached hydrogen (secondary N) is 2. The summed E-state index contributed by atoms with van der Waals surface area (Å²) in [5.74, 6) is 0.0172. The molecule has 0 aromatic carbocycles. The standard InChI is InChI=1S/C12H16N4OS3/c1-3-13-11-15-16-12(20-11)19-8(2)10(17)14-7-9-5-4-6-18-9/h4-6,8H,3,7H2,1-2H3,(H,13,15)(H,14,17). The molecule has 0 radical (unpaired) electrons. The quantitative estimate of drug-likeness (QED) is 0.765. The summed E-state index contributed by atoms with van der Waals surface area (Å²) < 4.78 is 0.805. The van der Waals surface area contributed by atoms with Crippen molar-refractivity contribution < 1.29 is 4.79 Å². The number of thioether (sulfide) groups is 1. The van der Waals surface area contributed by atoms with Crippen LogP contribution in [0.4, 0.5) is 5.13 Å². The van der Waals surface area contributed by atoms with Crippen molar-refractivity contribution in [2.45, 2.75) is 30.0 Å². The number of thiophene rings is 1. The van der Waals surface area contributed by atoms with Gasteiger partial charge in [-0.1, -0.05) is 29.2 Å². The maximum Gasteiger partial charge on any atom is 0.233 e. The number of carbonyl (C=O) groups excluding carboxylic acids is 1. The highest BCUT2D eigenvalue weighted by Gasteiger charge is 2.16. The number of hydrogen-bond donors (Lipinski definition) is 2. The van der Waals surface area contributed by atoms with Crippen LogP contribution in [-0.4, -0.2) is 27.9 Å². The Morgan fingerprint density at radius 2 is 2.35 bits per heavy atom. The van der Waals surface area contributed by atoms with Crippen LogP contribution in [0.25, 0.3) is 0 Å². The van der Waals surface area contributed by atoms with Crippen LogP contribution in [0, 0.1) is 0 Å². The van der Waals surface area contributed by atoms with E-state index in [4.69, 9.17) is 0 Å². The molecule has 20 heavy (non-hydrogen) atoms. The van der Waals surface area contributed by atoms with Gasteiger partial charge < -0.3 is 10.6 Å². The lowest BCUT2D eigenvalue weighted by Gasteiger charge is -2.09. The van der Waals surface area contributed by atoms with Crippen LogP contribution >= 0.6 is 34.4 Å². The van der Waals surface area contributed by atoms with Crippen LogP contribution in [0.1, 0.15) is 18.7 Å². The maximum absolute atomic E-state index is 12.0. The van der Waals surface area contributed by atoms with Gasteiger partial charge in [0.05, 0.1) is 11.8 Å². The number of amides is 1. The molecular formula is C12H16N4OS3. The Balaban J connectivity index is 1.80. The van der Waals surface area contributed by atoms with Crippen molar-refractivity contribution in [1.82, 2.24) is 15.5 Å². The zero-order valence-electron chi connectivity index (χ0n) is 11.3. The average molecular weight is 328 g/mol. The van der Waals surface area contributed by atoms with Gasteiger partial charge in [-0.2, -0.15) is 0 Å². The minimum absolute atomic E-state index is 0.0172. The summed E-state index contributed by atoms with van der Waals surface area (Å²) in [6.45, 7) is 5.29. The molecule has 2 aromatic heterocycles. The highest BCUT2D eigenvalue weighted by atomic mass is 32.2. The van der Waals surface area contributed by atoms with Gasteiger partial charge in [0.2, 0.25) is 11.0 Å². The molecule has 0 aliphatic heterocycles. The minimum atomic E-state index is -0.183. The fraction of sp³-hybridized carbons (Fsp3) is 0.417. The van der Waals surface area contributed by atoms with Crippen molar-refractivity contribution in [2.24, 2.45) is 0 Å². The Morgan fingerprint density at radius 1 is 1.50 bits per heavy atom. The number of nitrogens with zero attached hydrogens (tertiary/aromatic N) is 2. The second-order valence-electron chi connectivity index (χ2n) is 3.96. The molecular weight excluding hydrogens is 312 g/mol. The van der Waals surface area contributed by atoms with E-state index >= 15 is 0 Å². The minimum Gasteiger partial charge on any atom is -0.360 e. The van der Waals surface area contributed by atoms with Crippen LogP contribution in [0.5, 0.6) is 0 Å². The molecule has 0 aliphatic carbocycles. The van der Waals surface area contributed by atoms with E-state index in [0.29, 0.717) is 6.54 Å². The van der Waals surface area contributed by atoms with Crippen molar-refractivity contribution >= 4 is 45.5 Å². The van der Waals surface area contributed by atoms with Crippen LogP contribution < -0.4 is 10.6 Å². The molecule has 0 saturated carbocycles. The average Bonchev–Trinajstić information content (AvgIpc) is 3.08. The Labute approximate surface area is 130 Å². The number of anilines is 1. The summed E-state index contributed by atoms with van der Waals surface area (Å²) in [6, 6.07) is 3.99. The number of carbonyl (C=O) groups is 1. The van der Waals surface area contributed by atoms with Gasteiger partial charge in [0.25, 0.3) is 0 Å². The van der Waals surface area contributed by atoms with Gasteiger partial charge in [-0.15, -0.1) is 21.5 Å². The largest absolute Gasteiger partial charge is 0.360 e.